The van der Waals surface area contributed by atoms with Crippen LogP contribution in [0.3, 0.4) is 0 Å². The van der Waals surface area contributed by atoms with Crippen LogP contribution in [0.5, 0.6) is 5.75 Å². The van der Waals surface area contributed by atoms with Crippen molar-refractivity contribution < 1.29 is 32.2 Å². The van der Waals surface area contributed by atoms with Gasteiger partial charge in [0.25, 0.3) is 0 Å². The number of nitrogens with zero attached hydrogens (tertiary/aromatic N) is 1. The monoisotopic (exact) mass is 541 g/mol. The first-order chi connectivity index (χ1) is 18.4. The minimum absolute atomic E-state index is 0.00797. The van der Waals surface area contributed by atoms with Gasteiger partial charge in [0.2, 0.25) is 5.91 Å². The molecule has 0 heterocycles. The van der Waals surface area contributed by atoms with Gasteiger partial charge < -0.3 is 14.4 Å². The zero-order valence-corrected chi connectivity index (χ0v) is 22.7. The van der Waals surface area contributed by atoms with E-state index in [2.05, 4.69) is 37.6 Å². The lowest BCUT2D eigenvalue weighted by molar-refractivity contribution is -0.274. The average Bonchev–Trinajstić information content (AvgIpc) is 2.87. The fourth-order valence-electron chi connectivity index (χ4n) is 4.05. The molecule has 0 saturated carbocycles. The lowest BCUT2D eigenvalue weighted by atomic mass is 9.87. The van der Waals surface area contributed by atoms with Crippen molar-refractivity contribution in [3.05, 3.63) is 83.9 Å². The highest BCUT2D eigenvalue weighted by Gasteiger charge is 2.31. The van der Waals surface area contributed by atoms with Crippen LogP contribution in [0.4, 0.5) is 18.9 Å². The summed E-state index contributed by atoms with van der Waals surface area (Å²) in [4.78, 5) is 26.7. The van der Waals surface area contributed by atoms with Gasteiger partial charge in [0.05, 0.1) is 13.2 Å². The van der Waals surface area contributed by atoms with E-state index in [0.717, 1.165) is 11.1 Å². The Morgan fingerprint density at radius 2 is 1.36 bits per heavy atom. The number of halogens is 3. The molecule has 3 rings (SSSR count). The standard InChI is InChI=1S/C31H34F3NO4/c1-5-38-29(37)8-6-7-28(36)35(21-22-9-15-25(16-10-22)30(2,3)4)26-17-11-23(12-18-26)24-13-19-27(20-14-24)39-31(32,33)34/h9-20H,5-8,21H2,1-4H3. The van der Waals surface area contributed by atoms with Gasteiger partial charge in [-0.1, -0.05) is 69.3 Å². The molecular weight excluding hydrogens is 507 g/mol. The quantitative estimate of drug-likeness (QED) is 0.246. The maximum absolute atomic E-state index is 13.3. The highest BCUT2D eigenvalue weighted by molar-refractivity contribution is 5.93. The predicted octanol–water partition coefficient (Wildman–Crippen LogP) is 7.82. The van der Waals surface area contributed by atoms with Crippen molar-refractivity contribution in [1.82, 2.24) is 0 Å². The molecule has 5 nitrogen and oxygen atoms in total. The van der Waals surface area contributed by atoms with Crippen molar-refractivity contribution in [2.24, 2.45) is 0 Å². The largest absolute Gasteiger partial charge is 0.573 e. The molecule has 0 bridgehead atoms. The molecule has 0 aromatic heterocycles. The summed E-state index contributed by atoms with van der Waals surface area (Å²) >= 11 is 0. The minimum atomic E-state index is -4.75. The van der Waals surface area contributed by atoms with Crippen LogP contribution in [0.2, 0.25) is 0 Å². The van der Waals surface area contributed by atoms with Crippen molar-refractivity contribution >= 4 is 17.6 Å². The number of alkyl halides is 3. The van der Waals surface area contributed by atoms with Crippen molar-refractivity contribution in [3.8, 4) is 16.9 Å². The van der Waals surface area contributed by atoms with Crippen LogP contribution in [0, 0.1) is 0 Å². The number of hydrogen-bond donors (Lipinski definition) is 0. The number of rotatable bonds is 10. The highest BCUT2D eigenvalue weighted by Crippen LogP contribution is 2.29. The van der Waals surface area contributed by atoms with E-state index >= 15 is 0 Å². The normalized spacial score (nSPS) is 11.7. The number of anilines is 1. The van der Waals surface area contributed by atoms with E-state index in [0.29, 0.717) is 30.8 Å². The van der Waals surface area contributed by atoms with Gasteiger partial charge in [-0.2, -0.15) is 0 Å². The number of esters is 1. The zero-order valence-electron chi connectivity index (χ0n) is 22.7. The first-order valence-electron chi connectivity index (χ1n) is 12.9. The summed E-state index contributed by atoms with van der Waals surface area (Å²) in [5.74, 6) is -0.744. The van der Waals surface area contributed by atoms with Gasteiger partial charge in [0.15, 0.2) is 0 Å². The molecule has 39 heavy (non-hydrogen) atoms. The second-order valence-corrected chi connectivity index (χ2v) is 10.2. The van der Waals surface area contributed by atoms with Crippen molar-refractivity contribution in [3.63, 3.8) is 0 Å². The molecule has 8 heteroatoms. The summed E-state index contributed by atoms with van der Waals surface area (Å²) in [7, 11) is 0. The van der Waals surface area contributed by atoms with Gasteiger partial charge in [-0.3, -0.25) is 9.59 Å². The summed E-state index contributed by atoms with van der Waals surface area (Å²) < 4.78 is 46.3. The molecule has 3 aromatic carbocycles. The molecule has 0 aliphatic carbocycles. The predicted molar refractivity (Wildman–Crippen MR) is 145 cm³/mol. The molecule has 0 atom stereocenters. The van der Waals surface area contributed by atoms with E-state index in [9.17, 15) is 22.8 Å². The van der Waals surface area contributed by atoms with E-state index in [1.807, 2.05) is 36.4 Å². The third-order valence-electron chi connectivity index (χ3n) is 6.14. The number of amides is 1. The van der Waals surface area contributed by atoms with Gasteiger partial charge >= 0.3 is 12.3 Å². The van der Waals surface area contributed by atoms with E-state index in [4.69, 9.17) is 4.74 Å². The van der Waals surface area contributed by atoms with E-state index in [-0.39, 0.29) is 35.9 Å². The number of ether oxygens (including phenoxy) is 2. The molecule has 0 fully saturated rings. The SMILES string of the molecule is CCOC(=O)CCCC(=O)N(Cc1ccc(C(C)(C)C)cc1)c1ccc(-c2ccc(OC(F)(F)F)cc2)cc1. The number of carbonyl (C=O) groups excluding carboxylic acids is 2. The maximum Gasteiger partial charge on any atom is 0.573 e. The second kappa shape index (κ2) is 12.8. The molecule has 0 aliphatic heterocycles. The van der Waals surface area contributed by atoms with Crippen LogP contribution in [-0.2, 0) is 26.3 Å². The second-order valence-electron chi connectivity index (χ2n) is 10.2. The minimum Gasteiger partial charge on any atom is -0.466 e. The Hall–Kier alpha value is -3.81. The maximum atomic E-state index is 13.3. The summed E-state index contributed by atoms with van der Waals surface area (Å²) in [5.41, 5.74) is 4.33. The Morgan fingerprint density at radius 1 is 0.795 bits per heavy atom. The summed E-state index contributed by atoms with van der Waals surface area (Å²) in [6, 6.07) is 21.0. The molecule has 208 valence electrons. The topological polar surface area (TPSA) is 55.8 Å². The highest BCUT2D eigenvalue weighted by atomic mass is 19.4. The molecule has 0 spiro atoms. The van der Waals surface area contributed by atoms with E-state index in [1.165, 1.54) is 17.7 Å². The van der Waals surface area contributed by atoms with Crippen LogP contribution in [0.1, 0.15) is 58.1 Å². The summed E-state index contributed by atoms with van der Waals surface area (Å²) in [5, 5.41) is 0. The molecule has 1 amide bonds. The Labute approximate surface area is 227 Å². The molecule has 0 unspecified atom stereocenters. The van der Waals surface area contributed by atoms with Crippen LogP contribution < -0.4 is 9.64 Å². The fourth-order valence-corrected chi connectivity index (χ4v) is 4.05. The van der Waals surface area contributed by atoms with Gasteiger partial charge in [0, 0.05) is 18.5 Å². The summed E-state index contributed by atoms with van der Waals surface area (Å²) in [6.45, 7) is 8.81. The van der Waals surface area contributed by atoms with E-state index in [1.54, 1.807) is 24.0 Å². The molecule has 0 radical (unpaired) electrons. The van der Waals surface area contributed by atoms with Gasteiger partial charge in [-0.25, -0.2) is 0 Å². The smallest absolute Gasteiger partial charge is 0.466 e. The van der Waals surface area contributed by atoms with Crippen LogP contribution in [-0.4, -0.2) is 24.8 Å². The third-order valence-corrected chi connectivity index (χ3v) is 6.14. The van der Waals surface area contributed by atoms with Crippen molar-refractivity contribution in [2.45, 2.75) is 65.3 Å². The summed E-state index contributed by atoms with van der Waals surface area (Å²) in [6.07, 6.45) is -4.02. The Morgan fingerprint density at radius 3 is 1.87 bits per heavy atom. The van der Waals surface area contributed by atoms with Crippen LogP contribution in [0.25, 0.3) is 11.1 Å². The fraction of sp³-hybridized carbons (Fsp3) is 0.355. The Balaban J connectivity index is 1.79. The lowest BCUT2D eigenvalue weighted by Crippen LogP contribution is -2.30. The molecule has 0 saturated heterocycles. The molecule has 3 aromatic rings. The van der Waals surface area contributed by atoms with Crippen molar-refractivity contribution in [1.29, 1.82) is 0 Å². The number of carbonyl (C=O) groups is 2. The first kappa shape index (κ1) is 29.7. The van der Waals surface area contributed by atoms with Crippen molar-refractivity contribution in [2.75, 3.05) is 11.5 Å². The number of hydrogen-bond acceptors (Lipinski definition) is 4. The van der Waals surface area contributed by atoms with Crippen LogP contribution >= 0.6 is 0 Å². The lowest BCUT2D eigenvalue weighted by Gasteiger charge is -2.24. The van der Waals surface area contributed by atoms with E-state index < -0.39 is 6.36 Å². The van der Waals surface area contributed by atoms with Crippen LogP contribution in [0.15, 0.2) is 72.8 Å². The third kappa shape index (κ3) is 9.16. The molecule has 0 aliphatic rings. The number of benzene rings is 3. The Bertz CT molecular complexity index is 1230. The first-order valence-corrected chi connectivity index (χ1v) is 12.9. The van der Waals surface area contributed by atoms with Gasteiger partial charge in [0.1, 0.15) is 5.75 Å². The Kier molecular flexibility index (Phi) is 9.78. The van der Waals surface area contributed by atoms with Gasteiger partial charge in [-0.05, 0) is 65.3 Å². The molecular formula is C31H34F3NO4. The van der Waals surface area contributed by atoms with Gasteiger partial charge in [-0.15, -0.1) is 13.2 Å². The molecule has 0 N–H and O–H groups in total. The zero-order chi connectivity index (χ0) is 28.6. The average molecular weight is 542 g/mol.